The molecule has 100 valence electrons. The van der Waals surface area contributed by atoms with Crippen LogP contribution in [0.1, 0.15) is 50.9 Å². The van der Waals surface area contributed by atoms with Crippen LogP contribution >= 0.6 is 0 Å². The highest BCUT2D eigenvalue weighted by molar-refractivity contribution is 5.74. The van der Waals surface area contributed by atoms with E-state index in [2.05, 4.69) is 27.4 Å². The van der Waals surface area contributed by atoms with Crippen LogP contribution in [0.3, 0.4) is 0 Å². The molecule has 6 heteroatoms. The lowest BCUT2D eigenvalue weighted by molar-refractivity contribution is 0.147. The number of unbranched alkanes of at least 4 members (excludes halogenated alkanes) is 1. The van der Waals surface area contributed by atoms with Gasteiger partial charge in [0.15, 0.2) is 0 Å². The Kier molecular flexibility index (Phi) is 4.55. The Balaban J connectivity index is 1.97. The molecule has 2 rings (SSSR count). The molecule has 1 aliphatic heterocycles. The maximum absolute atomic E-state index is 12.1. The van der Waals surface area contributed by atoms with Gasteiger partial charge in [-0.1, -0.05) is 13.3 Å². The van der Waals surface area contributed by atoms with Crippen LogP contribution in [0.25, 0.3) is 0 Å². The molecule has 2 heterocycles. The van der Waals surface area contributed by atoms with E-state index in [-0.39, 0.29) is 12.1 Å². The zero-order chi connectivity index (χ0) is 12.8. The molecule has 0 unspecified atom stereocenters. The number of amides is 2. The van der Waals surface area contributed by atoms with Gasteiger partial charge in [-0.3, -0.25) is 5.10 Å². The number of hydrogen-bond acceptors (Lipinski definition) is 3. The number of aromatic nitrogens is 3. The predicted molar refractivity (Wildman–Crippen MR) is 68.0 cm³/mol. The average Bonchev–Trinajstić information content (AvgIpc) is 2.93. The van der Waals surface area contributed by atoms with Crippen LogP contribution in [-0.2, 0) is 0 Å². The van der Waals surface area contributed by atoms with E-state index in [1.807, 2.05) is 4.90 Å². The zero-order valence-electron chi connectivity index (χ0n) is 10.9. The van der Waals surface area contributed by atoms with Gasteiger partial charge in [0, 0.05) is 13.1 Å². The molecule has 1 aromatic rings. The summed E-state index contributed by atoms with van der Waals surface area (Å²) in [5.74, 6) is 0.792. The monoisotopic (exact) mass is 251 g/mol. The lowest BCUT2D eigenvalue weighted by Gasteiger charge is -2.34. The first-order chi connectivity index (χ1) is 8.83. The molecule has 0 spiro atoms. The van der Waals surface area contributed by atoms with Crippen LogP contribution in [0, 0.1) is 0 Å². The number of likely N-dealkylation sites (tertiary alicyclic amines) is 1. The summed E-state index contributed by atoms with van der Waals surface area (Å²) in [6.45, 7) is 3.66. The van der Waals surface area contributed by atoms with Crippen molar-refractivity contribution in [2.24, 2.45) is 0 Å². The fraction of sp³-hybridized carbons (Fsp3) is 0.750. The first kappa shape index (κ1) is 12.9. The molecular weight excluding hydrogens is 230 g/mol. The summed E-state index contributed by atoms with van der Waals surface area (Å²) in [7, 11) is 0. The zero-order valence-corrected chi connectivity index (χ0v) is 10.9. The van der Waals surface area contributed by atoms with Crippen LogP contribution in [-0.4, -0.2) is 39.2 Å². The summed E-state index contributed by atoms with van der Waals surface area (Å²) in [6, 6.07) is 0.0624. The van der Waals surface area contributed by atoms with Crippen LogP contribution in [0.4, 0.5) is 4.79 Å². The molecule has 2 amide bonds. The number of urea groups is 1. The SMILES string of the molecule is CCCCNC(=O)N1CCCC[C@H]1c1ncn[nH]1. The van der Waals surface area contributed by atoms with Gasteiger partial charge in [-0.2, -0.15) is 5.10 Å². The molecule has 1 atom stereocenters. The van der Waals surface area contributed by atoms with E-state index in [9.17, 15) is 4.79 Å². The number of H-pyrrole nitrogens is 1. The summed E-state index contributed by atoms with van der Waals surface area (Å²) < 4.78 is 0. The Labute approximate surface area is 107 Å². The van der Waals surface area contributed by atoms with Gasteiger partial charge in [0.2, 0.25) is 0 Å². The van der Waals surface area contributed by atoms with E-state index >= 15 is 0 Å². The summed E-state index contributed by atoms with van der Waals surface area (Å²) in [4.78, 5) is 18.2. The summed E-state index contributed by atoms with van der Waals surface area (Å²) in [5.41, 5.74) is 0. The molecule has 0 aromatic carbocycles. The minimum Gasteiger partial charge on any atom is -0.338 e. The molecule has 0 radical (unpaired) electrons. The van der Waals surface area contributed by atoms with Crippen LogP contribution < -0.4 is 5.32 Å². The second-order valence-corrected chi connectivity index (χ2v) is 4.66. The number of piperidine rings is 1. The smallest absolute Gasteiger partial charge is 0.318 e. The van der Waals surface area contributed by atoms with Gasteiger partial charge in [0.25, 0.3) is 0 Å². The molecule has 1 aromatic heterocycles. The summed E-state index contributed by atoms with van der Waals surface area (Å²) in [5, 5.41) is 9.72. The van der Waals surface area contributed by atoms with E-state index in [1.54, 1.807) is 0 Å². The number of nitrogens with zero attached hydrogens (tertiary/aromatic N) is 3. The second kappa shape index (κ2) is 6.37. The molecule has 1 aliphatic rings. The van der Waals surface area contributed by atoms with Crippen LogP contribution in [0.5, 0.6) is 0 Å². The van der Waals surface area contributed by atoms with E-state index in [0.717, 1.165) is 51.0 Å². The molecular formula is C12H21N5O. The summed E-state index contributed by atoms with van der Waals surface area (Å²) in [6.07, 6.45) is 6.75. The highest BCUT2D eigenvalue weighted by atomic mass is 16.2. The van der Waals surface area contributed by atoms with Crippen molar-refractivity contribution in [3.8, 4) is 0 Å². The number of nitrogens with one attached hydrogen (secondary N) is 2. The van der Waals surface area contributed by atoms with Gasteiger partial charge in [-0.15, -0.1) is 0 Å². The third-order valence-corrected chi connectivity index (χ3v) is 3.32. The van der Waals surface area contributed by atoms with Crippen molar-refractivity contribution in [3.63, 3.8) is 0 Å². The maximum Gasteiger partial charge on any atom is 0.318 e. The predicted octanol–water partition coefficient (Wildman–Crippen LogP) is 1.84. The van der Waals surface area contributed by atoms with Crippen molar-refractivity contribution in [2.75, 3.05) is 13.1 Å². The molecule has 1 fully saturated rings. The van der Waals surface area contributed by atoms with Crippen molar-refractivity contribution in [1.82, 2.24) is 25.4 Å². The first-order valence-corrected chi connectivity index (χ1v) is 6.72. The Morgan fingerprint density at radius 3 is 3.22 bits per heavy atom. The van der Waals surface area contributed by atoms with Crippen LogP contribution in [0.15, 0.2) is 6.33 Å². The largest absolute Gasteiger partial charge is 0.338 e. The van der Waals surface area contributed by atoms with Gasteiger partial charge < -0.3 is 10.2 Å². The van der Waals surface area contributed by atoms with Gasteiger partial charge in [0.1, 0.15) is 12.2 Å². The van der Waals surface area contributed by atoms with Gasteiger partial charge >= 0.3 is 6.03 Å². The van der Waals surface area contributed by atoms with Crippen molar-refractivity contribution in [3.05, 3.63) is 12.2 Å². The molecule has 6 nitrogen and oxygen atoms in total. The molecule has 18 heavy (non-hydrogen) atoms. The number of carbonyl (C=O) groups excluding carboxylic acids is 1. The topological polar surface area (TPSA) is 73.9 Å². The third kappa shape index (κ3) is 3.00. The molecule has 2 N–H and O–H groups in total. The second-order valence-electron chi connectivity index (χ2n) is 4.66. The first-order valence-electron chi connectivity index (χ1n) is 6.72. The Hall–Kier alpha value is -1.59. The fourth-order valence-corrected chi connectivity index (χ4v) is 2.31. The minimum atomic E-state index is 0.0181. The maximum atomic E-state index is 12.1. The normalized spacial score (nSPS) is 19.8. The van der Waals surface area contributed by atoms with E-state index in [0.29, 0.717) is 0 Å². The molecule has 0 saturated carbocycles. The van der Waals surface area contributed by atoms with Crippen molar-refractivity contribution in [2.45, 2.75) is 45.1 Å². The molecule has 0 bridgehead atoms. The Morgan fingerprint density at radius 2 is 2.50 bits per heavy atom. The van der Waals surface area contributed by atoms with Crippen molar-refractivity contribution >= 4 is 6.03 Å². The van der Waals surface area contributed by atoms with E-state index in [1.165, 1.54) is 6.33 Å². The Bertz CT molecular complexity index is 365. The lowest BCUT2D eigenvalue weighted by Crippen LogP contribution is -2.45. The quantitative estimate of drug-likeness (QED) is 0.802. The van der Waals surface area contributed by atoms with Crippen LogP contribution in [0.2, 0.25) is 0 Å². The number of carbonyl (C=O) groups is 1. The Morgan fingerprint density at radius 1 is 1.61 bits per heavy atom. The van der Waals surface area contributed by atoms with Gasteiger partial charge in [-0.25, -0.2) is 9.78 Å². The van der Waals surface area contributed by atoms with Crippen molar-refractivity contribution in [1.29, 1.82) is 0 Å². The average molecular weight is 251 g/mol. The van der Waals surface area contributed by atoms with E-state index < -0.39 is 0 Å². The summed E-state index contributed by atoms with van der Waals surface area (Å²) >= 11 is 0. The number of aromatic amines is 1. The molecule has 1 saturated heterocycles. The van der Waals surface area contributed by atoms with Gasteiger partial charge in [0.05, 0.1) is 6.04 Å². The standard InChI is InChI=1S/C12H21N5O/c1-2-3-7-13-12(18)17-8-5-4-6-10(17)11-14-9-15-16-11/h9-10H,2-8H2,1H3,(H,13,18)(H,14,15,16)/t10-/m0/s1. The molecule has 0 aliphatic carbocycles. The minimum absolute atomic E-state index is 0.0181. The highest BCUT2D eigenvalue weighted by Crippen LogP contribution is 2.28. The lowest BCUT2D eigenvalue weighted by atomic mass is 10.0. The highest BCUT2D eigenvalue weighted by Gasteiger charge is 2.29. The third-order valence-electron chi connectivity index (χ3n) is 3.32. The number of hydrogen-bond donors (Lipinski definition) is 2. The fourth-order valence-electron chi connectivity index (χ4n) is 2.31. The van der Waals surface area contributed by atoms with Crippen molar-refractivity contribution < 1.29 is 4.79 Å². The van der Waals surface area contributed by atoms with E-state index in [4.69, 9.17) is 0 Å². The van der Waals surface area contributed by atoms with Gasteiger partial charge in [-0.05, 0) is 25.7 Å². The number of rotatable bonds is 4.